The van der Waals surface area contributed by atoms with Crippen molar-refractivity contribution in [2.75, 3.05) is 6.61 Å². The minimum atomic E-state index is -2.60. The zero-order valence-electron chi connectivity index (χ0n) is 15.1. The zero-order valence-corrected chi connectivity index (χ0v) is 16.6. The van der Waals surface area contributed by atoms with Crippen LogP contribution in [-0.2, 0) is 19.0 Å². The molecule has 1 aliphatic rings. The second-order valence-corrected chi connectivity index (χ2v) is 7.33. The summed E-state index contributed by atoms with van der Waals surface area (Å²) in [6.45, 7) is 0.446. The van der Waals surface area contributed by atoms with Gasteiger partial charge in [-0.15, -0.1) is 0 Å². The van der Waals surface area contributed by atoms with Crippen molar-refractivity contribution in [3.8, 4) is 0 Å². The first-order valence-corrected chi connectivity index (χ1v) is 9.23. The number of alkyl halides is 1. The van der Waals surface area contributed by atoms with Gasteiger partial charge in [-0.3, -0.25) is 0 Å². The molecule has 1 fully saturated rings. The fourth-order valence-corrected chi connectivity index (χ4v) is 2.94. The molecular formula is C20H15Cl2FO6. The summed E-state index contributed by atoms with van der Waals surface area (Å²) in [6.07, 6.45) is -2.90. The van der Waals surface area contributed by atoms with Gasteiger partial charge in [0.05, 0.1) is 11.1 Å². The number of carbonyl (C=O) groups excluding carboxylic acids is 3. The third-order valence-corrected chi connectivity index (χ3v) is 4.81. The molecule has 0 N–H and O–H groups in total. The number of esters is 3. The van der Waals surface area contributed by atoms with E-state index in [1.54, 1.807) is 0 Å². The van der Waals surface area contributed by atoms with Crippen LogP contribution in [0.3, 0.4) is 0 Å². The van der Waals surface area contributed by atoms with Crippen molar-refractivity contribution < 1.29 is 33.0 Å². The van der Waals surface area contributed by atoms with E-state index in [4.69, 9.17) is 37.4 Å². The summed E-state index contributed by atoms with van der Waals surface area (Å²) in [7, 11) is 0. The number of hydrogen-bond acceptors (Lipinski definition) is 6. The maximum atomic E-state index is 14.8. The zero-order chi connectivity index (χ0) is 21.2. The Bertz CT molecular complexity index is 927. The van der Waals surface area contributed by atoms with Crippen LogP contribution in [0.4, 0.5) is 4.39 Å². The van der Waals surface area contributed by atoms with E-state index < -0.39 is 42.4 Å². The Morgan fingerprint density at radius 3 is 2.00 bits per heavy atom. The Labute approximate surface area is 175 Å². The Morgan fingerprint density at radius 2 is 1.48 bits per heavy atom. The molecule has 29 heavy (non-hydrogen) atoms. The van der Waals surface area contributed by atoms with Crippen LogP contribution in [-0.4, -0.2) is 42.4 Å². The molecule has 0 aliphatic carbocycles. The number of cyclic esters (lactones) is 1. The van der Waals surface area contributed by atoms with Crippen LogP contribution in [0, 0.1) is 0 Å². The quantitative estimate of drug-likeness (QED) is 0.515. The number of rotatable bonds is 5. The van der Waals surface area contributed by atoms with Crippen molar-refractivity contribution in [2.24, 2.45) is 0 Å². The summed E-state index contributed by atoms with van der Waals surface area (Å²) in [5.74, 6) is -2.81. The van der Waals surface area contributed by atoms with E-state index in [2.05, 4.69) is 0 Å². The van der Waals surface area contributed by atoms with Crippen molar-refractivity contribution in [1.29, 1.82) is 0 Å². The number of carbonyl (C=O) groups is 3. The van der Waals surface area contributed by atoms with Gasteiger partial charge in [0.2, 0.25) is 5.67 Å². The topological polar surface area (TPSA) is 78.9 Å². The lowest BCUT2D eigenvalue weighted by Crippen LogP contribution is -2.44. The summed E-state index contributed by atoms with van der Waals surface area (Å²) in [5, 5.41) is 0.844. The molecular weight excluding hydrogens is 426 g/mol. The van der Waals surface area contributed by atoms with Gasteiger partial charge in [-0.05, 0) is 55.5 Å². The summed E-state index contributed by atoms with van der Waals surface area (Å²) in [5.41, 5.74) is -2.28. The van der Waals surface area contributed by atoms with Gasteiger partial charge in [-0.1, -0.05) is 23.2 Å². The second kappa shape index (κ2) is 8.39. The van der Waals surface area contributed by atoms with Gasteiger partial charge in [0.15, 0.2) is 12.2 Å². The first-order valence-electron chi connectivity index (χ1n) is 8.47. The highest BCUT2D eigenvalue weighted by Gasteiger charge is 2.58. The van der Waals surface area contributed by atoms with E-state index in [-0.39, 0.29) is 11.1 Å². The molecule has 1 aliphatic heterocycles. The molecule has 152 valence electrons. The maximum Gasteiger partial charge on any atom is 0.348 e. The van der Waals surface area contributed by atoms with Crippen molar-refractivity contribution in [2.45, 2.75) is 24.8 Å². The predicted octanol–water partition coefficient (Wildman–Crippen LogP) is 4.03. The largest absolute Gasteiger partial charge is 0.458 e. The average Bonchev–Trinajstić information content (AvgIpc) is 2.90. The summed E-state index contributed by atoms with van der Waals surface area (Å²) in [6, 6.07) is 11.6. The molecule has 6 nitrogen and oxygen atoms in total. The molecule has 1 saturated heterocycles. The highest BCUT2D eigenvalue weighted by molar-refractivity contribution is 6.31. The third kappa shape index (κ3) is 4.68. The highest BCUT2D eigenvalue weighted by atomic mass is 35.5. The number of ether oxygens (including phenoxy) is 3. The van der Waals surface area contributed by atoms with E-state index >= 15 is 0 Å². The Hall–Kier alpha value is -2.64. The van der Waals surface area contributed by atoms with Crippen LogP contribution in [0.2, 0.25) is 10.0 Å². The van der Waals surface area contributed by atoms with Crippen LogP contribution in [0.5, 0.6) is 0 Å². The minimum absolute atomic E-state index is 0.112. The number of hydrogen-bond donors (Lipinski definition) is 0. The smallest absolute Gasteiger partial charge is 0.348 e. The van der Waals surface area contributed by atoms with Crippen molar-refractivity contribution in [1.82, 2.24) is 0 Å². The molecule has 2 aromatic carbocycles. The molecule has 0 amide bonds. The lowest BCUT2D eigenvalue weighted by molar-refractivity contribution is -0.150. The Kier molecular flexibility index (Phi) is 6.10. The third-order valence-electron chi connectivity index (χ3n) is 4.30. The molecule has 2 aromatic rings. The summed E-state index contributed by atoms with van der Waals surface area (Å²) < 4.78 is 30.0. The van der Waals surface area contributed by atoms with E-state index in [1.165, 1.54) is 48.5 Å². The standard InChI is InChI=1S/C20H15Cl2FO6/c1-20(23)16(29-18(25)12-4-8-14(22)9-5-12)15(28-19(20)26)10-27-17(24)11-2-6-13(21)7-3-11/h2-9,15-16H,10H2,1H3/t15?,16-,20-/m1/s1. The van der Waals surface area contributed by atoms with Gasteiger partial charge in [-0.2, -0.15) is 0 Å². The fraction of sp³-hybridized carbons (Fsp3) is 0.250. The molecule has 0 saturated carbocycles. The first kappa shape index (κ1) is 21.1. The highest BCUT2D eigenvalue weighted by Crippen LogP contribution is 2.33. The molecule has 3 atom stereocenters. The Morgan fingerprint density at radius 1 is 1.00 bits per heavy atom. The molecule has 0 aromatic heterocycles. The van der Waals surface area contributed by atoms with Crippen molar-refractivity contribution >= 4 is 41.1 Å². The van der Waals surface area contributed by atoms with Crippen LogP contribution in [0.25, 0.3) is 0 Å². The molecule has 0 spiro atoms. The molecule has 1 unspecified atom stereocenters. The predicted molar refractivity (Wildman–Crippen MR) is 102 cm³/mol. The Balaban J connectivity index is 1.70. The van der Waals surface area contributed by atoms with E-state index in [0.29, 0.717) is 10.0 Å². The lowest BCUT2D eigenvalue weighted by atomic mass is 10.00. The number of halogens is 3. The normalized spacial score (nSPS) is 23.4. The minimum Gasteiger partial charge on any atom is -0.458 e. The van der Waals surface area contributed by atoms with Crippen molar-refractivity contribution in [3.05, 3.63) is 69.7 Å². The van der Waals surface area contributed by atoms with Gasteiger partial charge in [0, 0.05) is 10.0 Å². The SMILES string of the molecule is C[C@]1(F)C(=O)OC(COC(=O)c2ccc(Cl)cc2)[C@H]1OC(=O)c1ccc(Cl)cc1. The van der Waals surface area contributed by atoms with Crippen LogP contribution in [0.15, 0.2) is 48.5 Å². The van der Waals surface area contributed by atoms with Crippen LogP contribution >= 0.6 is 23.2 Å². The van der Waals surface area contributed by atoms with E-state index in [0.717, 1.165) is 6.92 Å². The van der Waals surface area contributed by atoms with Crippen LogP contribution < -0.4 is 0 Å². The van der Waals surface area contributed by atoms with Gasteiger partial charge < -0.3 is 14.2 Å². The summed E-state index contributed by atoms with van der Waals surface area (Å²) >= 11 is 11.5. The van der Waals surface area contributed by atoms with Gasteiger partial charge in [-0.25, -0.2) is 18.8 Å². The van der Waals surface area contributed by atoms with E-state index in [1.807, 2.05) is 0 Å². The first-order chi connectivity index (χ1) is 13.7. The fourth-order valence-electron chi connectivity index (χ4n) is 2.68. The molecule has 9 heteroatoms. The van der Waals surface area contributed by atoms with Crippen molar-refractivity contribution in [3.63, 3.8) is 0 Å². The average molecular weight is 441 g/mol. The second-order valence-electron chi connectivity index (χ2n) is 6.46. The number of benzene rings is 2. The van der Waals surface area contributed by atoms with Gasteiger partial charge in [0.1, 0.15) is 6.61 Å². The van der Waals surface area contributed by atoms with Gasteiger partial charge in [0.25, 0.3) is 0 Å². The molecule has 0 bridgehead atoms. The molecule has 3 rings (SSSR count). The van der Waals surface area contributed by atoms with E-state index in [9.17, 15) is 18.8 Å². The maximum absolute atomic E-state index is 14.8. The van der Waals surface area contributed by atoms with Gasteiger partial charge >= 0.3 is 17.9 Å². The van der Waals surface area contributed by atoms with Crippen LogP contribution in [0.1, 0.15) is 27.6 Å². The monoisotopic (exact) mass is 440 g/mol. The molecule has 1 heterocycles. The lowest BCUT2D eigenvalue weighted by Gasteiger charge is -2.22. The summed E-state index contributed by atoms with van der Waals surface area (Å²) in [4.78, 5) is 36.3. The molecule has 0 radical (unpaired) electrons.